The number of piperidine rings is 2. The summed E-state index contributed by atoms with van der Waals surface area (Å²) in [7, 11) is 2.22. The van der Waals surface area contributed by atoms with E-state index in [9.17, 15) is 4.79 Å². The third-order valence-electron chi connectivity index (χ3n) is 4.44. The highest BCUT2D eigenvalue weighted by Gasteiger charge is 2.36. The van der Waals surface area contributed by atoms with Crippen molar-refractivity contribution in [1.82, 2.24) is 10.2 Å². The zero-order chi connectivity index (χ0) is 13.1. The number of amides is 1. The quantitative estimate of drug-likeness (QED) is 0.734. The van der Waals surface area contributed by atoms with Crippen LogP contribution in [0.25, 0.3) is 0 Å². The van der Waals surface area contributed by atoms with Crippen LogP contribution in [0.3, 0.4) is 0 Å². The van der Waals surface area contributed by atoms with E-state index in [1.807, 2.05) is 0 Å². The Morgan fingerprint density at radius 1 is 1.50 bits per heavy atom. The molecule has 2 saturated heterocycles. The van der Waals surface area contributed by atoms with E-state index in [2.05, 4.69) is 23.8 Å². The molecule has 102 valence electrons. The van der Waals surface area contributed by atoms with E-state index < -0.39 is 6.04 Å². The molecule has 2 bridgehead atoms. The summed E-state index contributed by atoms with van der Waals surface area (Å²) in [5.74, 6) is -0.0254. The molecule has 3 atom stereocenters. The number of carbonyl (C=O) groups is 1. The molecule has 2 aliphatic rings. The van der Waals surface area contributed by atoms with Gasteiger partial charge >= 0.3 is 0 Å². The standard InChI is InChI=1S/C14H25N3O/c1-3-5-13(15)14(18)16-10-8-11-6-4-7-12(9-10)17(11)2/h3,10-13H,1,4-9,15H2,2H3,(H,16,18). The average Bonchev–Trinajstić information content (AvgIpc) is 2.30. The van der Waals surface area contributed by atoms with Crippen molar-refractivity contribution in [3.63, 3.8) is 0 Å². The van der Waals surface area contributed by atoms with Gasteiger partial charge in [-0.2, -0.15) is 0 Å². The molecule has 4 heteroatoms. The van der Waals surface area contributed by atoms with Crippen molar-refractivity contribution in [2.75, 3.05) is 7.05 Å². The van der Waals surface area contributed by atoms with Crippen LogP contribution in [0.2, 0.25) is 0 Å². The summed E-state index contributed by atoms with van der Waals surface area (Å²) in [5, 5.41) is 3.11. The van der Waals surface area contributed by atoms with Gasteiger partial charge in [0.2, 0.25) is 5.91 Å². The van der Waals surface area contributed by atoms with Gasteiger partial charge in [0.15, 0.2) is 0 Å². The Morgan fingerprint density at radius 3 is 2.67 bits per heavy atom. The lowest BCUT2D eigenvalue weighted by Gasteiger charge is -2.47. The molecule has 0 radical (unpaired) electrons. The predicted octanol–water partition coefficient (Wildman–Crippen LogP) is 1.02. The summed E-state index contributed by atoms with van der Waals surface area (Å²) in [6.45, 7) is 3.62. The first kappa shape index (κ1) is 13.6. The van der Waals surface area contributed by atoms with Gasteiger partial charge in [0.05, 0.1) is 6.04 Å². The zero-order valence-electron chi connectivity index (χ0n) is 11.3. The first-order valence-electron chi connectivity index (χ1n) is 7.00. The van der Waals surface area contributed by atoms with E-state index in [-0.39, 0.29) is 5.91 Å². The molecule has 0 aromatic rings. The molecule has 0 aliphatic carbocycles. The number of carbonyl (C=O) groups excluding carboxylic acids is 1. The van der Waals surface area contributed by atoms with Crippen molar-refractivity contribution in [3.8, 4) is 0 Å². The number of hydrogen-bond acceptors (Lipinski definition) is 3. The second-order valence-electron chi connectivity index (χ2n) is 5.71. The molecule has 0 aromatic heterocycles. The van der Waals surface area contributed by atoms with Gasteiger partial charge in [-0.15, -0.1) is 6.58 Å². The summed E-state index contributed by atoms with van der Waals surface area (Å²) < 4.78 is 0. The number of nitrogens with zero attached hydrogens (tertiary/aromatic N) is 1. The van der Waals surface area contributed by atoms with Crippen LogP contribution in [0.15, 0.2) is 12.7 Å². The Bertz CT molecular complexity index is 304. The first-order chi connectivity index (χ1) is 8.61. The molecule has 0 spiro atoms. The Labute approximate surface area is 110 Å². The van der Waals surface area contributed by atoms with E-state index >= 15 is 0 Å². The highest BCUT2D eigenvalue weighted by molar-refractivity contribution is 5.81. The predicted molar refractivity (Wildman–Crippen MR) is 73.1 cm³/mol. The summed E-state index contributed by atoms with van der Waals surface area (Å²) in [6.07, 6.45) is 8.24. The normalized spacial score (nSPS) is 33.8. The van der Waals surface area contributed by atoms with Gasteiger partial charge in [-0.05, 0) is 39.2 Å². The number of nitrogens with one attached hydrogen (secondary N) is 1. The maximum Gasteiger partial charge on any atom is 0.237 e. The lowest BCUT2D eigenvalue weighted by molar-refractivity contribution is -0.123. The molecule has 4 nitrogen and oxygen atoms in total. The fourth-order valence-corrected chi connectivity index (χ4v) is 3.33. The maximum atomic E-state index is 11.9. The van der Waals surface area contributed by atoms with Gasteiger partial charge in [-0.25, -0.2) is 0 Å². The SMILES string of the molecule is C=CCC(N)C(=O)NC1CC2CCCC(C1)N2C. The van der Waals surface area contributed by atoms with Gasteiger partial charge in [-0.3, -0.25) is 4.79 Å². The average molecular weight is 251 g/mol. The van der Waals surface area contributed by atoms with Gasteiger partial charge in [0.25, 0.3) is 0 Å². The lowest BCUT2D eigenvalue weighted by Crippen LogP contribution is -2.56. The van der Waals surface area contributed by atoms with E-state index in [1.165, 1.54) is 19.3 Å². The highest BCUT2D eigenvalue weighted by atomic mass is 16.2. The van der Waals surface area contributed by atoms with Crippen molar-refractivity contribution in [3.05, 3.63) is 12.7 Å². The van der Waals surface area contributed by atoms with Crippen LogP contribution in [0.1, 0.15) is 38.5 Å². The fourth-order valence-electron chi connectivity index (χ4n) is 3.33. The molecule has 1 amide bonds. The first-order valence-corrected chi connectivity index (χ1v) is 7.00. The highest BCUT2D eigenvalue weighted by Crippen LogP contribution is 2.32. The van der Waals surface area contributed by atoms with Crippen LogP contribution in [0.5, 0.6) is 0 Å². The molecule has 3 N–H and O–H groups in total. The third-order valence-corrected chi connectivity index (χ3v) is 4.44. The maximum absolute atomic E-state index is 11.9. The minimum atomic E-state index is -0.443. The van der Waals surface area contributed by atoms with Crippen LogP contribution < -0.4 is 11.1 Å². The number of nitrogens with two attached hydrogens (primary N) is 1. The van der Waals surface area contributed by atoms with E-state index in [4.69, 9.17) is 5.73 Å². The largest absolute Gasteiger partial charge is 0.352 e. The molecule has 2 fully saturated rings. The summed E-state index contributed by atoms with van der Waals surface area (Å²) in [5.41, 5.74) is 5.79. The fraction of sp³-hybridized carbons (Fsp3) is 0.786. The van der Waals surface area contributed by atoms with Crippen molar-refractivity contribution in [2.24, 2.45) is 5.73 Å². The summed E-state index contributed by atoms with van der Waals surface area (Å²) in [6, 6.07) is 1.14. The molecule has 2 heterocycles. The van der Waals surface area contributed by atoms with Crippen LogP contribution in [0, 0.1) is 0 Å². The van der Waals surface area contributed by atoms with Gasteiger partial charge in [0.1, 0.15) is 0 Å². The Balaban J connectivity index is 1.87. The topological polar surface area (TPSA) is 58.4 Å². The second kappa shape index (κ2) is 5.85. The van der Waals surface area contributed by atoms with Gasteiger partial charge in [-0.1, -0.05) is 12.5 Å². The molecule has 0 saturated carbocycles. The minimum Gasteiger partial charge on any atom is -0.352 e. The van der Waals surface area contributed by atoms with Gasteiger partial charge < -0.3 is 16.0 Å². The Morgan fingerprint density at radius 2 is 2.11 bits per heavy atom. The lowest BCUT2D eigenvalue weighted by atomic mass is 9.82. The number of fused-ring (bicyclic) bond motifs is 2. The number of rotatable bonds is 4. The third kappa shape index (κ3) is 2.93. The Kier molecular flexibility index (Phi) is 4.40. The summed E-state index contributed by atoms with van der Waals surface area (Å²) in [4.78, 5) is 14.4. The summed E-state index contributed by atoms with van der Waals surface area (Å²) >= 11 is 0. The minimum absolute atomic E-state index is 0.0254. The van der Waals surface area contributed by atoms with Crippen molar-refractivity contribution >= 4 is 5.91 Å². The van der Waals surface area contributed by atoms with E-state index in [0.717, 1.165) is 12.8 Å². The molecule has 0 aromatic carbocycles. The molecule has 3 unspecified atom stereocenters. The molecular formula is C14H25N3O. The van der Waals surface area contributed by atoms with E-state index in [1.54, 1.807) is 6.08 Å². The van der Waals surface area contributed by atoms with Crippen LogP contribution in [-0.2, 0) is 4.79 Å². The monoisotopic (exact) mass is 251 g/mol. The molecule has 2 aliphatic heterocycles. The Hall–Kier alpha value is -0.870. The van der Waals surface area contributed by atoms with Crippen molar-refractivity contribution < 1.29 is 4.79 Å². The molecular weight excluding hydrogens is 226 g/mol. The van der Waals surface area contributed by atoms with Crippen LogP contribution >= 0.6 is 0 Å². The molecule has 2 rings (SSSR count). The smallest absolute Gasteiger partial charge is 0.237 e. The molecule has 18 heavy (non-hydrogen) atoms. The van der Waals surface area contributed by atoms with Crippen molar-refractivity contribution in [1.29, 1.82) is 0 Å². The van der Waals surface area contributed by atoms with Crippen LogP contribution in [-0.4, -0.2) is 42.0 Å². The van der Waals surface area contributed by atoms with E-state index in [0.29, 0.717) is 24.5 Å². The second-order valence-corrected chi connectivity index (χ2v) is 5.71. The van der Waals surface area contributed by atoms with Crippen LogP contribution in [0.4, 0.5) is 0 Å². The van der Waals surface area contributed by atoms with Crippen molar-refractivity contribution in [2.45, 2.75) is 62.7 Å². The number of hydrogen-bond donors (Lipinski definition) is 2. The van der Waals surface area contributed by atoms with Gasteiger partial charge in [0, 0.05) is 18.1 Å². The zero-order valence-corrected chi connectivity index (χ0v) is 11.3.